The molecule has 0 atom stereocenters. The van der Waals surface area contributed by atoms with Crippen molar-refractivity contribution in [3.63, 3.8) is 0 Å². The van der Waals surface area contributed by atoms with E-state index in [2.05, 4.69) is 22.5 Å². The van der Waals surface area contributed by atoms with Gasteiger partial charge in [0, 0.05) is 23.0 Å². The lowest BCUT2D eigenvalue weighted by Crippen LogP contribution is -2.30. The predicted molar refractivity (Wildman–Crippen MR) is 108 cm³/mol. The molecule has 0 radical (unpaired) electrons. The third-order valence-electron chi connectivity index (χ3n) is 3.50. The van der Waals surface area contributed by atoms with Crippen molar-refractivity contribution in [3.8, 4) is 5.75 Å². The number of benzene rings is 2. The van der Waals surface area contributed by atoms with Gasteiger partial charge in [-0.15, -0.1) is 0 Å². The summed E-state index contributed by atoms with van der Waals surface area (Å²) in [6, 6.07) is 14.2. The molecule has 2 aromatic rings. The molecule has 2 amide bonds. The van der Waals surface area contributed by atoms with Crippen molar-refractivity contribution < 1.29 is 14.3 Å². The van der Waals surface area contributed by atoms with Gasteiger partial charge in [0.25, 0.3) is 5.91 Å². The summed E-state index contributed by atoms with van der Waals surface area (Å²) in [4.78, 5) is 24.2. The number of ether oxygens (including phenoxy) is 1. The maximum Gasteiger partial charge on any atom is 0.251 e. The van der Waals surface area contributed by atoms with Crippen LogP contribution in [0.4, 0.5) is 11.4 Å². The Morgan fingerprint density at radius 2 is 1.85 bits per heavy atom. The topological polar surface area (TPSA) is 79.5 Å². The lowest BCUT2D eigenvalue weighted by molar-refractivity contribution is -0.114. The van der Waals surface area contributed by atoms with Gasteiger partial charge in [0.05, 0.1) is 6.54 Å². The average molecular weight is 367 g/mol. The van der Waals surface area contributed by atoms with Crippen LogP contribution in [-0.2, 0) is 4.79 Å². The van der Waals surface area contributed by atoms with Gasteiger partial charge in [0.1, 0.15) is 12.4 Å². The van der Waals surface area contributed by atoms with Gasteiger partial charge < -0.3 is 20.7 Å². The van der Waals surface area contributed by atoms with Gasteiger partial charge >= 0.3 is 0 Å². The van der Waals surface area contributed by atoms with Crippen LogP contribution in [0.3, 0.4) is 0 Å². The highest BCUT2D eigenvalue weighted by molar-refractivity contribution is 5.96. The van der Waals surface area contributed by atoms with Crippen molar-refractivity contribution in [3.05, 3.63) is 66.7 Å². The highest BCUT2D eigenvalue weighted by Crippen LogP contribution is 2.16. The molecule has 3 N–H and O–H groups in total. The summed E-state index contributed by atoms with van der Waals surface area (Å²) in [6.45, 7) is 7.93. The largest absolute Gasteiger partial charge is 0.490 e. The number of nitrogens with one attached hydrogen (secondary N) is 3. The molecule has 6 nitrogen and oxygen atoms in total. The van der Waals surface area contributed by atoms with Crippen molar-refractivity contribution in [2.45, 2.75) is 19.9 Å². The van der Waals surface area contributed by atoms with Gasteiger partial charge in [0.15, 0.2) is 0 Å². The number of carbonyl (C=O) groups excluding carboxylic acids is 2. The Balaban J connectivity index is 1.86. The predicted octanol–water partition coefficient (Wildman–Crippen LogP) is 3.44. The smallest absolute Gasteiger partial charge is 0.251 e. The van der Waals surface area contributed by atoms with Crippen LogP contribution in [0.25, 0.3) is 0 Å². The van der Waals surface area contributed by atoms with E-state index in [-0.39, 0.29) is 24.4 Å². The minimum absolute atomic E-state index is 0.0634. The van der Waals surface area contributed by atoms with Crippen LogP contribution < -0.4 is 20.7 Å². The van der Waals surface area contributed by atoms with Crippen molar-refractivity contribution in [2.24, 2.45) is 0 Å². The third kappa shape index (κ3) is 6.86. The molecule has 0 aliphatic rings. The van der Waals surface area contributed by atoms with Crippen molar-refractivity contribution >= 4 is 23.2 Å². The van der Waals surface area contributed by atoms with Crippen molar-refractivity contribution in [2.75, 3.05) is 23.8 Å². The molecule has 27 heavy (non-hydrogen) atoms. The molecular formula is C21H25N3O3. The highest BCUT2D eigenvalue weighted by atomic mass is 16.5. The van der Waals surface area contributed by atoms with Gasteiger partial charge in [-0.2, -0.15) is 0 Å². The molecule has 0 aromatic heterocycles. The molecule has 0 aliphatic heterocycles. The Bertz CT molecular complexity index is 786. The normalized spacial score (nSPS) is 10.2. The number of hydrogen-bond donors (Lipinski definition) is 3. The highest BCUT2D eigenvalue weighted by Gasteiger charge is 2.08. The van der Waals surface area contributed by atoms with E-state index in [0.29, 0.717) is 29.3 Å². The quantitative estimate of drug-likeness (QED) is 0.593. The Hall–Kier alpha value is -3.28. The molecule has 0 saturated carbocycles. The zero-order chi connectivity index (χ0) is 19.6. The van der Waals surface area contributed by atoms with E-state index in [1.54, 1.807) is 48.5 Å². The SMILES string of the molecule is C=CCOc1ccc(NC(=O)CNc2cccc(C(=O)NC(C)C)c2)cc1. The molecule has 0 spiro atoms. The van der Waals surface area contributed by atoms with Gasteiger partial charge in [-0.1, -0.05) is 18.7 Å². The second kappa shape index (κ2) is 10.0. The second-order valence-electron chi connectivity index (χ2n) is 6.23. The zero-order valence-electron chi connectivity index (χ0n) is 15.6. The summed E-state index contributed by atoms with van der Waals surface area (Å²) in [5.41, 5.74) is 1.93. The number of anilines is 2. The summed E-state index contributed by atoms with van der Waals surface area (Å²) < 4.78 is 5.40. The van der Waals surface area contributed by atoms with Crippen LogP contribution in [0.5, 0.6) is 5.75 Å². The molecule has 6 heteroatoms. The monoisotopic (exact) mass is 367 g/mol. The minimum Gasteiger partial charge on any atom is -0.490 e. The molecular weight excluding hydrogens is 342 g/mol. The first-order valence-corrected chi connectivity index (χ1v) is 8.76. The fourth-order valence-electron chi connectivity index (χ4n) is 2.29. The molecule has 2 aromatic carbocycles. The van der Waals surface area contributed by atoms with Crippen LogP contribution >= 0.6 is 0 Å². The van der Waals surface area contributed by atoms with Crippen molar-refractivity contribution in [1.29, 1.82) is 0 Å². The molecule has 0 bridgehead atoms. The first-order valence-electron chi connectivity index (χ1n) is 8.76. The molecule has 0 unspecified atom stereocenters. The standard InChI is InChI=1S/C21H25N3O3/c1-4-12-27-19-10-8-17(9-11-19)24-20(25)14-22-18-7-5-6-16(13-18)21(26)23-15(2)3/h4-11,13,15,22H,1,12,14H2,2-3H3,(H,23,26)(H,24,25). The summed E-state index contributed by atoms with van der Waals surface area (Å²) in [5.74, 6) is 0.381. The van der Waals surface area contributed by atoms with Crippen LogP contribution in [0.1, 0.15) is 24.2 Å². The van der Waals surface area contributed by atoms with Crippen LogP contribution in [0.15, 0.2) is 61.2 Å². The molecule has 0 aliphatic carbocycles. The maximum atomic E-state index is 12.1. The Kier molecular flexibility index (Phi) is 7.43. The number of carbonyl (C=O) groups is 2. The maximum absolute atomic E-state index is 12.1. The number of hydrogen-bond acceptors (Lipinski definition) is 4. The third-order valence-corrected chi connectivity index (χ3v) is 3.50. The summed E-state index contributed by atoms with van der Waals surface area (Å²) >= 11 is 0. The van der Waals surface area contributed by atoms with E-state index < -0.39 is 0 Å². The minimum atomic E-state index is -0.188. The first kappa shape index (κ1) is 20.0. The van der Waals surface area contributed by atoms with E-state index in [0.717, 1.165) is 0 Å². The van der Waals surface area contributed by atoms with E-state index in [9.17, 15) is 9.59 Å². The van der Waals surface area contributed by atoms with Crippen LogP contribution in [0, 0.1) is 0 Å². The van der Waals surface area contributed by atoms with Crippen LogP contribution in [0.2, 0.25) is 0 Å². The van der Waals surface area contributed by atoms with E-state index in [1.807, 2.05) is 19.9 Å². The average Bonchev–Trinajstić information content (AvgIpc) is 2.65. The molecule has 0 heterocycles. The lowest BCUT2D eigenvalue weighted by Gasteiger charge is -2.11. The summed E-state index contributed by atoms with van der Waals surface area (Å²) in [7, 11) is 0. The summed E-state index contributed by atoms with van der Waals surface area (Å²) in [6.07, 6.45) is 1.67. The van der Waals surface area contributed by atoms with Gasteiger partial charge in [-0.25, -0.2) is 0 Å². The van der Waals surface area contributed by atoms with Crippen LogP contribution in [-0.4, -0.2) is 31.0 Å². The molecule has 0 fully saturated rings. The van der Waals surface area contributed by atoms with E-state index in [4.69, 9.17) is 4.74 Å². The summed E-state index contributed by atoms with van der Waals surface area (Å²) in [5, 5.41) is 8.67. The Morgan fingerprint density at radius 1 is 1.11 bits per heavy atom. The van der Waals surface area contributed by atoms with E-state index in [1.165, 1.54) is 0 Å². The zero-order valence-corrected chi connectivity index (χ0v) is 15.6. The van der Waals surface area contributed by atoms with Gasteiger partial charge in [-0.3, -0.25) is 9.59 Å². The first-order chi connectivity index (χ1) is 13.0. The van der Waals surface area contributed by atoms with Gasteiger partial charge in [0.2, 0.25) is 5.91 Å². The van der Waals surface area contributed by atoms with Gasteiger partial charge in [-0.05, 0) is 56.3 Å². The molecule has 0 saturated heterocycles. The molecule has 142 valence electrons. The van der Waals surface area contributed by atoms with E-state index >= 15 is 0 Å². The second-order valence-corrected chi connectivity index (χ2v) is 6.23. The Morgan fingerprint density at radius 3 is 2.52 bits per heavy atom. The Labute approximate surface area is 159 Å². The number of amides is 2. The number of rotatable bonds is 9. The molecule has 2 rings (SSSR count). The fourth-order valence-corrected chi connectivity index (χ4v) is 2.29. The van der Waals surface area contributed by atoms with Crippen molar-refractivity contribution in [1.82, 2.24) is 5.32 Å². The lowest BCUT2D eigenvalue weighted by atomic mass is 10.1. The fraction of sp³-hybridized carbons (Fsp3) is 0.238.